The minimum absolute atomic E-state index is 0.0511. The first-order valence-electron chi connectivity index (χ1n) is 6.31. The first-order chi connectivity index (χ1) is 9.11. The molecule has 2 rings (SSSR count). The second kappa shape index (κ2) is 5.59. The number of carbonyl (C=O) groups is 1. The number of amides is 1. The first-order valence-corrected chi connectivity index (χ1v) is 6.31. The highest BCUT2D eigenvalue weighted by atomic mass is 16.5. The van der Waals surface area contributed by atoms with Gasteiger partial charge < -0.3 is 20.5 Å². The summed E-state index contributed by atoms with van der Waals surface area (Å²) in [5.41, 5.74) is 7.20. The highest BCUT2D eigenvalue weighted by molar-refractivity contribution is 5.84. The van der Waals surface area contributed by atoms with Crippen LogP contribution in [0, 0.1) is 12.3 Å². The van der Waals surface area contributed by atoms with Gasteiger partial charge in [-0.25, -0.2) is 0 Å². The van der Waals surface area contributed by atoms with Crippen LogP contribution in [-0.4, -0.2) is 32.8 Å². The van der Waals surface area contributed by atoms with Crippen molar-refractivity contribution in [1.29, 1.82) is 0 Å². The van der Waals surface area contributed by atoms with Crippen LogP contribution < -0.4 is 15.8 Å². The van der Waals surface area contributed by atoms with Gasteiger partial charge >= 0.3 is 0 Å². The van der Waals surface area contributed by atoms with Gasteiger partial charge in [0.05, 0.1) is 20.3 Å². The van der Waals surface area contributed by atoms with Gasteiger partial charge in [-0.05, 0) is 13.0 Å². The fourth-order valence-electron chi connectivity index (χ4n) is 2.10. The van der Waals surface area contributed by atoms with Crippen molar-refractivity contribution in [3.05, 3.63) is 29.3 Å². The molecule has 104 valence electrons. The Balaban J connectivity index is 2.02. The summed E-state index contributed by atoms with van der Waals surface area (Å²) in [6.07, 6.45) is 0. The predicted octanol–water partition coefficient (Wildman–Crippen LogP) is 0.595. The van der Waals surface area contributed by atoms with E-state index < -0.39 is 5.41 Å². The molecule has 19 heavy (non-hydrogen) atoms. The van der Waals surface area contributed by atoms with Gasteiger partial charge in [0.2, 0.25) is 5.91 Å². The summed E-state index contributed by atoms with van der Waals surface area (Å²) in [5, 5.41) is 2.92. The molecular formula is C14H20N2O3. The second-order valence-electron chi connectivity index (χ2n) is 4.98. The van der Waals surface area contributed by atoms with E-state index in [4.69, 9.17) is 15.2 Å². The quantitative estimate of drug-likeness (QED) is 0.816. The summed E-state index contributed by atoms with van der Waals surface area (Å²) >= 11 is 0. The van der Waals surface area contributed by atoms with E-state index in [1.54, 1.807) is 7.11 Å². The number of hydrogen-bond donors (Lipinski definition) is 2. The van der Waals surface area contributed by atoms with Crippen molar-refractivity contribution in [3.63, 3.8) is 0 Å². The molecule has 1 saturated heterocycles. The third-order valence-electron chi connectivity index (χ3n) is 3.50. The maximum atomic E-state index is 12.1. The number of nitrogens with two attached hydrogens (primary N) is 1. The van der Waals surface area contributed by atoms with Gasteiger partial charge in [0.25, 0.3) is 0 Å². The Hall–Kier alpha value is -1.59. The maximum Gasteiger partial charge on any atom is 0.232 e. The molecule has 1 amide bonds. The molecule has 0 atom stereocenters. The van der Waals surface area contributed by atoms with Crippen LogP contribution >= 0.6 is 0 Å². The Morgan fingerprint density at radius 1 is 1.53 bits per heavy atom. The van der Waals surface area contributed by atoms with Crippen molar-refractivity contribution in [3.8, 4) is 5.75 Å². The fourth-order valence-corrected chi connectivity index (χ4v) is 2.10. The van der Waals surface area contributed by atoms with Crippen molar-refractivity contribution in [2.75, 3.05) is 26.9 Å². The Morgan fingerprint density at radius 3 is 2.79 bits per heavy atom. The number of carbonyl (C=O) groups excluding carboxylic acids is 1. The Kier molecular flexibility index (Phi) is 4.07. The van der Waals surface area contributed by atoms with Gasteiger partial charge in [-0.3, -0.25) is 4.79 Å². The second-order valence-corrected chi connectivity index (χ2v) is 4.98. The third-order valence-corrected chi connectivity index (χ3v) is 3.50. The smallest absolute Gasteiger partial charge is 0.232 e. The van der Waals surface area contributed by atoms with Gasteiger partial charge in [0.15, 0.2) is 0 Å². The molecule has 0 spiro atoms. The lowest BCUT2D eigenvalue weighted by atomic mass is 9.85. The zero-order chi connectivity index (χ0) is 13.9. The van der Waals surface area contributed by atoms with E-state index in [0.717, 1.165) is 16.9 Å². The third kappa shape index (κ3) is 2.72. The molecule has 0 unspecified atom stereocenters. The van der Waals surface area contributed by atoms with E-state index in [2.05, 4.69) is 5.32 Å². The largest absolute Gasteiger partial charge is 0.496 e. The molecule has 0 aliphatic carbocycles. The zero-order valence-electron chi connectivity index (χ0n) is 11.4. The lowest BCUT2D eigenvalue weighted by Gasteiger charge is -2.38. The highest BCUT2D eigenvalue weighted by Crippen LogP contribution is 2.27. The Morgan fingerprint density at radius 2 is 2.26 bits per heavy atom. The van der Waals surface area contributed by atoms with Gasteiger partial charge in [0.1, 0.15) is 11.2 Å². The molecular weight excluding hydrogens is 244 g/mol. The molecule has 0 saturated carbocycles. The van der Waals surface area contributed by atoms with Crippen molar-refractivity contribution in [2.24, 2.45) is 11.1 Å². The lowest BCUT2D eigenvalue weighted by Crippen LogP contribution is -2.58. The summed E-state index contributed by atoms with van der Waals surface area (Å²) in [4.78, 5) is 12.1. The molecule has 1 aliphatic heterocycles. The Bertz CT molecular complexity index is 464. The minimum atomic E-state index is -0.545. The van der Waals surface area contributed by atoms with E-state index >= 15 is 0 Å². The number of hydrogen-bond acceptors (Lipinski definition) is 4. The zero-order valence-corrected chi connectivity index (χ0v) is 11.4. The highest BCUT2D eigenvalue weighted by Gasteiger charge is 2.44. The van der Waals surface area contributed by atoms with Crippen LogP contribution in [0.5, 0.6) is 5.75 Å². The number of nitrogens with one attached hydrogen (secondary N) is 1. The molecule has 5 heteroatoms. The van der Waals surface area contributed by atoms with Crippen molar-refractivity contribution < 1.29 is 14.3 Å². The maximum absolute atomic E-state index is 12.1. The number of rotatable bonds is 5. The molecule has 0 bridgehead atoms. The van der Waals surface area contributed by atoms with Gasteiger partial charge in [0, 0.05) is 18.7 Å². The van der Waals surface area contributed by atoms with Crippen LogP contribution in [0.1, 0.15) is 11.1 Å². The summed E-state index contributed by atoms with van der Waals surface area (Å²) in [5.74, 6) is 0.724. The SMILES string of the molecule is COc1ccc(C)cc1CNC(=O)C1(CN)COC1. The molecule has 0 radical (unpaired) electrons. The first kappa shape index (κ1) is 13.8. The molecule has 3 N–H and O–H groups in total. The van der Waals surface area contributed by atoms with E-state index in [-0.39, 0.29) is 5.91 Å². The molecule has 1 fully saturated rings. The minimum Gasteiger partial charge on any atom is -0.496 e. The van der Waals surface area contributed by atoms with Crippen LogP contribution in [0.15, 0.2) is 18.2 Å². The fraction of sp³-hybridized carbons (Fsp3) is 0.500. The molecule has 1 aromatic rings. The molecule has 1 aliphatic rings. The molecule has 1 heterocycles. The summed E-state index contributed by atoms with van der Waals surface area (Å²) in [7, 11) is 1.62. The topological polar surface area (TPSA) is 73.6 Å². The van der Waals surface area contributed by atoms with E-state index in [0.29, 0.717) is 26.3 Å². The predicted molar refractivity (Wildman–Crippen MR) is 71.9 cm³/mol. The average molecular weight is 264 g/mol. The van der Waals surface area contributed by atoms with E-state index in [1.807, 2.05) is 25.1 Å². The van der Waals surface area contributed by atoms with Crippen molar-refractivity contribution in [2.45, 2.75) is 13.5 Å². The number of methoxy groups -OCH3 is 1. The van der Waals surface area contributed by atoms with E-state index in [1.165, 1.54) is 0 Å². The van der Waals surface area contributed by atoms with Crippen LogP contribution in [-0.2, 0) is 16.1 Å². The van der Waals surface area contributed by atoms with E-state index in [9.17, 15) is 4.79 Å². The monoisotopic (exact) mass is 264 g/mol. The standard InChI is InChI=1S/C14H20N2O3/c1-10-3-4-12(18-2)11(5-10)6-16-13(17)14(7-15)8-19-9-14/h3-5H,6-9,15H2,1-2H3,(H,16,17). The Labute approximate surface area is 113 Å². The molecule has 5 nitrogen and oxygen atoms in total. The number of ether oxygens (including phenoxy) is 2. The normalized spacial score (nSPS) is 16.6. The van der Waals surface area contributed by atoms with Crippen LogP contribution in [0.2, 0.25) is 0 Å². The summed E-state index contributed by atoms with van der Waals surface area (Å²) < 4.78 is 10.4. The average Bonchev–Trinajstić information content (AvgIpc) is 2.36. The lowest BCUT2D eigenvalue weighted by molar-refractivity contribution is -0.159. The van der Waals surface area contributed by atoms with Crippen molar-refractivity contribution in [1.82, 2.24) is 5.32 Å². The number of aryl methyl sites for hydroxylation is 1. The van der Waals surface area contributed by atoms with Crippen LogP contribution in [0.3, 0.4) is 0 Å². The van der Waals surface area contributed by atoms with Gasteiger partial charge in [-0.1, -0.05) is 17.7 Å². The van der Waals surface area contributed by atoms with Crippen LogP contribution in [0.4, 0.5) is 0 Å². The summed E-state index contributed by atoms with van der Waals surface area (Å²) in [6, 6.07) is 5.89. The molecule has 1 aromatic carbocycles. The van der Waals surface area contributed by atoms with Crippen molar-refractivity contribution >= 4 is 5.91 Å². The number of benzene rings is 1. The van der Waals surface area contributed by atoms with Gasteiger partial charge in [-0.2, -0.15) is 0 Å². The van der Waals surface area contributed by atoms with Gasteiger partial charge in [-0.15, -0.1) is 0 Å². The van der Waals surface area contributed by atoms with Crippen LogP contribution in [0.25, 0.3) is 0 Å². The molecule has 0 aromatic heterocycles. The summed E-state index contributed by atoms with van der Waals surface area (Å²) in [6.45, 7) is 3.56.